The molecule has 3 aromatic carbocycles. The molecule has 6 heteroatoms. The summed E-state index contributed by atoms with van der Waals surface area (Å²) < 4.78 is 13.3. The van der Waals surface area contributed by atoms with Crippen LogP contribution in [0.5, 0.6) is 0 Å². The second-order valence-electron chi connectivity index (χ2n) is 8.29. The van der Waals surface area contributed by atoms with Gasteiger partial charge in [-0.3, -0.25) is 9.59 Å². The van der Waals surface area contributed by atoms with Crippen LogP contribution < -0.4 is 5.32 Å². The number of carbonyl (C=O) groups is 2. The van der Waals surface area contributed by atoms with Gasteiger partial charge in [0.2, 0.25) is 11.8 Å². The van der Waals surface area contributed by atoms with Crippen LogP contribution >= 0.6 is 11.6 Å². The molecule has 172 valence electrons. The fourth-order valence-corrected chi connectivity index (χ4v) is 3.82. The highest BCUT2D eigenvalue weighted by atomic mass is 35.5. The van der Waals surface area contributed by atoms with Crippen molar-refractivity contribution in [2.45, 2.75) is 45.3 Å². The Labute approximate surface area is 199 Å². The maximum atomic E-state index is 13.5. The van der Waals surface area contributed by atoms with Gasteiger partial charge in [-0.05, 0) is 48.7 Å². The number of carbonyl (C=O) groups excluding carboxylic acids is 2. The Balaban J connectivity index is 1.97. The summed E-state index contributed by atoms with van der Waals surface area (Å²) in [5.74, 6) is -0.827. The first-order valence-corrected chi connectivity index (χ1v) is 11.3. The van der Waals surface area contributed by atoms with Gasteiger partial charge >= 0.3 is 0 Å². The fraction of sp³-hybridized carbons (Fsp3) is 0.259. The van der Waals surface area contributed by atoms with E-state index in [1.54, 1.807) is 23.1 Å². The zero-order valence-electron chi connectivity index (χ0n) is 18.8. The van der Waals surface area contributed by atoms with Crippen molar-refractivity contribution in [3.8, 4) is 0 Å². The summed E-state index contributed by atoms with van der Waals surface area (Å²) in [6.45, 7) is 3.95. The monoisotopic (exact) mass is 466 g/mol. The van der Waals surface area contributed by atoms with E-state index in [0.29, 0.717) is 17.0 Å². The molecule has 1 atom stereocenters. The first-order valence-electron chi connectivity index (χ1n) is 10.9. The normalized spacial score (nSPS) is 11.8. The number of nitrogens with one attached hydrogen (secondary N) is 1. The third-order valence-electron chi connectivity index (χ3n) is 5.27. The molecule has 0 aliphatic rings. The highest BCUT2D eigenvalue weighted by Crippen LogP contribution is 2.21. The molecule has 0 heterocycles. The van der Waals surface area contributed by atoms with E-state index in [1.807, 2.05) is 62.4 Å². The molecule has 0 aliphatic carbocycles. The van der Waals surface area contributed by atoms with Crippen molar-refractivity contribution >= 4 is 23.4 Å². The second kappa shape index (κ2) is 11.6. The zero-order valence-corrected chi connectivity index (χ0v) is 19.6. The summed E-state index contributed by atoms with van der Waals surface area (Å²) >= 11 is 6.40. The van der Waals surface area contributed by atoms with Crippen molar-refractivity contribution in [1.29, 1.82) is 0 Å². The second-order valence-corrected chi connectivity index (χ2v) is 8.69. The van der Waals surface area contributed by atoms with E-state index in [0.717, 1.165) is 11.1 Å². The van der Waals surface area contributed by atoms with Crippen LogP contribution in [-0.4, -0.2) is 28.8 Å². The molecular formula is C27H28ClFN2O2. The molecule has 4 nitrogen and oxygen atoms in total. The highest BCUT2D eigenvalue weighted by molar-refractivity contribution is 6.31. The molecule has 3 rings (SSSR count). The fourth-order valence-electron chi connectivity index (χ4n) is 3.62. The maximum absolute atomic E-state index is 13.5. The zero-order chi connectivity index (χ0) is 23.8. The number of hydrogen-bond donors (Lipinski definition) is 1. The number of hydrogen-bond acceptors (Lipinski definition) is 2. The molecule has 0 bridgehead atoms. The Hall–Kier alpha value is -3.18. The predicted molar refractivity (Wildman–Crippen MR) is 129 cm³/mol. The molecule has 0 aliphatic heterocycles. The Morgan fingerprint density at radius 1 is 0.909 bits per heavy atom. The lowest BCUT2D eigenvalue weighted by molar-refractivity contribution is -0.141. The largest absolute Gasteiger partial charge is 0.352 e. The Morgan fingerprint density at radius 2 is 1.55 bits per heavy atom. The summed E-state index contributed by atoms with van der Waals surface area (Å²) in [6.07, 6.45) is 0.407. The SMILES string of the molecule is CC(C)NC(=O)[C@@H](Cc1ccccc1)N(Cc1ccccc1Cl)C(=O)Cc1ccc(F)cc1. The van der Waals surface area contributed by atoms with E-state index in [-0.39, 0.29) is 36.6 Å². The topological polar surface area (TPSA) is 49.4 Å². The lowest BCUT2D eigenvalue weighted by Gasteiger charge is -2.32. The van der Waals surface area contributed by atoms with E-state index in [4.69, 9.17) is 11.6 Å². The van der Waals surface area contributed by atoms with Crippen molar-refractivity contribution in [2.24, 2.45) is 0 Å². The van der Waals surface area contributed by atoms with Crippen molar-refractivity contribution in [3.63, 3.8) is 0 Å². The van der Waals surface area contributed by atoms with Gasteiger partial charge in [-0.2, -0.15) is 0 Å². The van der Waals surface area contributed by atoms with Crippen molar-refractivity contribution in [3.05, 3.63) is 106 Å². The first kappa shape index (κ1) is 24.5. The molecule has 0 fully saturated rings. The van der Waals surface area contributed by atoms with Gasteiger partial charge in [0, 0.05) is 24.0 Å². The van der Waals surface area contributed by atoms with E-state index < -0.39 is 6.04 Å². The summed E-state index contributed by atoms with van der Waals surface area (Å²) in [5.41, 5.74) is 2.37. The molecule has 0 aromatic heterocycles. The standard InChI is InChI=1S/C27H28ClFN2O2/c1-19(2)30-27(33)25(16-20-8-4-3-5-9-20)31(18-22-10-6-7-11-24(22)28)26(32)17-21-12-14-23(29)15-13-21/h3-15,19,25H,16-18H2,1-2H3,(H,30,33)/t25-/m1/s1. The van der Waals surface area contributed by atoms with Crippen molar-refractivity contribution in [1.82, 2.24) is 10.2 Å². The van der Waals surface area contributed by atoms with E-state index in [1.165, 1.54) is 12.1 Å². The molecule has 0 saturated heterocycles. The van der Waals surface area contributed by atoms with Gasteiger partial charge in [0.05, 0.1) is 6.42 Å². The number of benzene rings is 3. The van der Waals surface area contributed by atoms with Crippen LogP contribution in [0, 0.1) is 5.82 Å². The number of halogens is 2. The van der Waals surface area contributed by atoms with Gasteiger partial charge < -0.3 is 10.2 Å². The van der Waals surface area contributed by atoms with E-state index in [9.17, 15) is 14.0 Å². The summed E-state index contributed by atoms with van der Waals surface area (Å²) in [5, 5.41) is 3.48. The van der Waals surface area contributed by atoms with Crippen LogP contribution in [0.25, 0.3) is 0 Å². The average Bonchev–Trinajstić information content (AvgIpc) is 2.79. The Morgan fingerprint density at radius 3 is 2.18 bits per heavy atom. The third kappa shape index (κ3) is 7.16. The summed E-state index contributed by atoms with van der Waals surface area (Å²) in [4.78, 5) is 28.4. The molecule has 2 amide bonds. The molecule has 1 N–H and O–H groups in total. The quantitative estimate of drug-likeness (QED) is 0.472. The van der Waals surface area contributed by atoms with Crippen LogP contribution in [0.3, 0.4) is 0 Å². The van der Waals surface area contributed by atoms with Gasteiger partial charge in [-0.25, -0.2) is 4.39 Å². The highest BCUT2D eigenvalue weighted by Gasteiger charge is 2.31. The van der Waals surface area contributed by atoms with Gasteiger partial charge in [0.1, 0.15) is 11.9 Å². The molecule has 0 unspecified atom stereocenters. The smallest absolute Gasteiger partial charge is 0.243 e. The Bertz CT molecular complexity index is 1070. The van der Waals surface area contributed by atoms with Gasteiger partial charge in [0.25, 0.3) is 0 Å². The number of nitrogens with zero attached hydrogens (tertiary/aromatic N) is 1. The molecule has 0 saturated carbocycles. The molecular weight excluding hydrogens is 439 g/mol. The minimum Gasteiger partial charge on any atom is -0.352 e. The average molecular weight is 467 g/mol. The molecule has 0 spiro atoms. The van der Waals surface area contributed by atoms with Crippen molar-refractivity contribution in [2.75, 3.05) is 0 Å². The van der Waals surface area contributed by atoms with Gasteiger partial charge in [0.15, 0.2) is 0 Å². The van der Waals surface area contributed by atoms with Crippen LogP contribution in [0.2, 0.25) is 5.02 Å². The van der Waals surface area contributed by atoms with E-state index >= 15 is 0 Å². The molecule has 3 aromatic rings. The van der Waals surface area contributed by atoms with Gasteiger partial charge in [-0.15, -0.1) is 0 Å². The van der Waals surface area contributed by atoms with Crippen LogP contribution in [0.1, 0.15) is 30.5 Å². The summed E-state index contributed by atoms with van der Waals surface area (Å²) in [6, 6.07) is 21.9. The maximum Gasteiger partial charge on any atom is 0.243 e. The lowest BCUT2D eigenvalue weighted by atomic mass is 10.0. The minimum absolute atomic E-state index is 0.0466. The van der Waals surface area contributed by atoms with Crippen LogP contribution in [0.15, 0.2) is 78.9 Å². The summed E-state index contributed by atoms with van der Waals surface area (Å²) in [7, 11) is 0. The lowest BCUT2D eigenvalue weighted by Crippen LogP contribution is -2.52. The third-order valence-corrected chi connectivity index (χ3v) is 5.64. The molecule has 33 heavy (non-hydrogen) atoms. The van der Waals surface area contributed by atoms with Crippen LogP contribution in [-0.2, 0) is 29.0 Å². The van der Waals surface area contributed by atoms with Crippen LogP contribution in [0.4, 0.5) is 4.39 Å². The van der Waals surface area contributed by atoms with Gasteiger partial charge in [-0.1, -0.05) is 72.3 Å². The molecule has 0 radical (unpaired) electrons. The minimum atomic E-state index is -0.737. The number of amides is 2. The Kier molecular flexibility index (Phi) is 8.61. The first-order chi connectivity index (χ1) is 15.8. The predicted octanol–water partition coefficient (Wildman–Crippen LogP) is 5.19. The van der Waals surface area contributed by atoms with Crippen molar-refractivity contribution < 1.29 is 14.0 Å². The van der Waals surface area contributed by atoms with E-state index in [2.05, 4.69) is 5.32 Å². The number of rotatable bonds is 9.